The maximum Gasteiger partial charge on any atom is 0.147 e. The Kier molecular flexibility index (Phi) is 5.82. The zero-order valence-electron chi connectivity index (χ0n) is 11.1. The molecule has 0 radical (unpaired) electrons. The number of rotatable bonds is 7. The Morgan fingerprint density at radius 3 is 2.50 bits per heavy atom. The van der Waals surface area contributed by atoms with Gasteiger partial charge >= 0.3 is 0 Å². The number of hydrogen-bond donors (Lipinski definition) is 1. The molecule has 1 N–H and O–H groups in total. The van der Waals surface area contributed by atoms with Crippen LogP contribution in [-0.2, 0) is 16.3 Å². The highest BCUT2D eigenvalue weighted by Crippen LogP contribution is 2.13. The van der Waals surface area contributed by atoms with Crippen molar-refractivity contribution in [3.05, 3.63) is 35.4 Å². The van der Waals surface area contributed by atoms with Crippen LogP contribution in [0.15, 0.2) is 24.3 Å². The van der Waals surface area contributed by atoms with E-state index in [9.17, 15) is 13.5 Å². The van der Waals surface area contributed by atoms with Crippen LogP contribution in [-0.4, -0.2) is 31.6 Å². The summed E-state index contributed by atoms with van der Waals surface area (Å²) >= 11 is 0. The summed E-state index contributed by atoms with van der Waals surface area (Å²) in [6.45, 7) is 2.06. The second-order valence-electron chi connectivity index (χ2n) is 4.89. The molecule has 0 amide bonds. The number of aliphatic hydroxyl groups is 1. The molecule has 0 aromatic heterocycles. The van der Waals surface area contributed by atoms with Crippen molar-refractivity contribution in [3.63, 3.8) is 0 Å². The van der Waals surface area contributed by atoms with E-state index in [0.717, 1.165) is 6.42 Å². The minimum Gasteiger partial charge on any atom is -0.393 e. The van der Waals surface area contributed by atoms with Crippen molar-refractivity contribution in [3.8, 4) is 0 Å². The van der Waals surface area contributed by atoms with Gasteiger partial charge in [-0.3, -0.25) is 0 Å². The monoisotopic (exact) mass is 270 g/mol. The smallest absolute Gasteiger partial charge is 0.147 e. The SMILES string of the molecule is Cc1ccccc1CCC(O)CCCS(C)(=O)=O. The summed E-state index contributed by atoms with van der Waals surface area (Å²) in [5, 5.41) is 9.80. The third kappa shape index (κ3) is 6.17. The van der Waals surface area contributed by atoms with Gasteiger partial charge in [-0.1, -0.05) is 24.3 Å². The van der Waals surface area contributed by atoms with Gasteiger partial charge in [0.25, 0.3) is 0 Å². The lowest BCUT2D eigenvalue weighted by molar-refractivity contribution is 0.154. The molecule has 1 unspecified atom stereocenters. The van der Waals surface area contributed by atoms with E-state index in [1.165, 1.54) is 17.4 Å². The lowest BCUT2D eigenvalue weighted by Gasteiger charge is -2.11. The summed E-state index contributed by atoms with van der Waals surface area (Å²) < 4.78 is 21.9. The van der Waals surface area contributed by atoms with Crippen molar-refractivity contribution in [2.45, 2.75) is 38.7 Å². The Morgan fingerprint density at radius 2 is 1.89 bits per heavy atom. The van der Waals surface area contributed by atoms with E-state index >= 15 is 0 Å². The summed E-state index contributed by atoms with van der Waals surface area (Å²) in [5.74, 6) is 0.161. The van der Waals surface area contributed by atoms with Crippen molar-refractivity contribution < 1.29 is 13.5 Å². The van der Waals surface area contributed by atoms with Gasteiger partial charge in [-0.15, -0.1) is 0 Å². The molecule has 1 rings (SSSR count). The molecular formula is C14H22O3S. The summed E-state index contributed by atoms with van der Waals surface area (Å²) in [4.78, 5) is 0. The van der Waals surface area contributed by atoms with Crippen LogP contribution in [0.1, 0.15) is 30.4 Å². The summed E-state index contributed by atoms with van der Waals surface area (Å²) in [6.07, 6.45) is 3.44. The first-order valence-electron chi connectivity index (χ1n) is 6.29. The van der Waals surface area contributed by atoms with E-state index in [-0.39, 0.29) is 5.75 Å². The molecule has 4 heteroatoms. The first-order valence-corrected chi connectivity index (χ1v) is 8.35. The Labute approximate surface area is 110 Å². The fraction of sp³-hybridized carbons (Fsp3) is 0.571. The number of benzene rings is 1. The topological polar surface area (TPSA) is 54.4 Å². The molecule has 3 nitrogen and oxygen atoms in total. The molecular weight excluding hydrogens is 248 g/mol. The largest absolute Gasteiger partial charge is 0.393 e. The van der Waals surface area contributed by atoms with Crippen molar-refractivity contribution in [2.24, 2.45) is 0 Å². The molecule has 0 fully saturated rings. The van der Waals surface area contributed by atoms with Gasteiger partial charge in [0.05, 0.1) is 6.10 Å². The maximum atomic E-state index is 11.0. The molecule has 0 spiro atoms. The van der Waals surface area contributed by atoms with E-state index in [2.05, 4.69) is 19.1 Å². The summed E-state index contributed by atoms with van der Waals surface area (Å²) in [6, 6.07) is 8.13. The molecule has 1 aromatic rings. The van der Waals surface area contributed by atoms with Gasteiger partial charge < -0.3 is 5.11 Å². The standard InChI is InChI=1S/C14H22O3S/c1-12-6-3-4-7-13(12)9-10-14(15)8-5-11-18(2,16)17/h3-4,6-7,14-15H,5,8-11H2,1-2H3. The normalized spacial score (nSPS) is 13.5. The average molecular weight is 270 g/mol. The second kappa shape index (κ2) is 6.90. The molecule has 18 heavy (non-hydrogen) atoms. The molecule has 0 aliphatic carbocycles. The zero-order valence-corrected chi connectivity index (χ0v) is 11.9. The Morgan fingerprint density at radius 1 is 1.22 bits per heavy atom. The molecule has 0 aliphatic rings. The molecule has 0 saturated carbocycles. The van der Waals surface area contributed by atoms with Crippen LogP contribution in [0.25, 0.3) is 0 Å². The van der Waals surface area contributed by atoms with E-state index in [4.69, 9.17) is 0 Å². The lowest BCUT2D eigenvalue weighted by Crippen LogP contribution is -2.11. The highest BCUT2D eigenvalue weighted by molar-refractivity contribution is 7.90. The average Bonchev–Trinajstić information content (AvgIpc) is 2.26. The number of aliphatic hydroxyl groups excluding tert-OH is 1. The van der Waals surface area contributed by atoms with Crippen molar-refractivity contribution in [1.82, 2.24) is 0 Å². The molecule has 1 atom stereocenters. The number of aryl methyl sites for hydroxylation is 2. The van der Waals surface area contributed by atoms with Crippen LogP contribution in [0.2, 0.25) is 0 Å². The van der Waals surface area contributed by atoms with Crippen LogP contribution in [0.4, 0.5) is 0 Å². The van der Waals surface area contributed by atoms with E-state index in [1.54, 1.807) is 0 Å². The van der Waals surface area contributed by atoms with Crippen LogP contribution in [0, 0.1) is 6.92 Å². The summed E-state index contributed by atoms with van der Waals surface area (Å²) in [5.41, 5.74) is 2.49. The van der Waals surface area contributed by atoms with Gasteiger partial charge in [-0.05, 0) is 43.7 Å². The minimum atomic E-state index is -2.90. The predicted octanol–water partition coefficient (Wildman–Crippen LogP) is 2.11. The van der Waals surface area contributed by atoms with Crippen molar-refractivity contribution >= 4 is 9.84 Å². The van der Waals surface area contributed by atoms with Gasteiger partial charge in [0.15, 0.2) is 0 Å². The third-order valence-electron chi connectivity index (χ3n) is 3.06. The first-order chi connectivity index (χ1) is 8.38. The predicted molar refractivity (Wildman–Crippen MR) is 74.5 cm³/mol. The van der Waals surface area contributed by atoms with Crippen LogP contribution < -0.4 is 0 Å². The van der Waals surface area contributed by atoms with Gasteiger partial charge in [0.1, 0.15) is 9.84 Å². The Balaban J connectivity index is 2.29. The van der Waals surface area contributed by atoms with Gasteiger partial charge in [-0.2, -0.15) is 0 Å². The van der Waals surface area contributed by atoms with Crippen LogP contribution >= 0.6 is 0 Å². The van der Waals surface area contributed by atoms with Crippen molar-refractivity contribution in [2.75, 3.05) is 12.0 Å². The molecule has 0 bridgehead atoms. The fourth-order valence-electron chi connectivity index (χ4n) is 1.94. The highest BCUT2D eigenvalue weighted by atomic mass is 32.2. The van der Waals surface area contributed by atoms with Crippen molar-refractivity contribution in [1.29, 1.82) is 0 Å². The molecule has 0 heterocycles. The number of hydrogen-bond acceptors (Lipinski definition) is 3. The molecule has 1 aromatic carbocycles. The quantitative estimate of drug-likeness (QED) is 0.825. The second-order valence-corrected chi connectivity index (χ2v) is 7.15. The van der Waals surface area contributed by atoms with E-state index in [1.807, 2.05) is 12.1 Å². The first kappa shape index (κ1) is 15.2. The molecule has 0 aliphatic heterocycles. The van der Waals surface area contributed by atoms with E-state index < -0.39 is 15.9 Å². The minimum absolute atomic E-state index is 0.161. The van der Waals surface area contributed by atoms with Gasteiger partial charge in [0.2, 0.25) is 0 Å². The lowest BCUT2D eigenvalue weighted by atomic mass is 10.0. The van der Waals surface area contributed by atoms with Gasteiger partial charge in [-0.25, -0.2) is 8.42 Å². The number of sulfone groups is 1. The highest BCUT2D eigenvalue weighted by Gasteiger charge is 2.08. The van der Waals surface area contributed by atoms with E-state index in [0.29, 0.717) is 19.3 Å². The third-order valence-corrected chi connectivity index (χ3v) is 4.09. The molecule has 102 valence electrons. The fourth-order valence-corrected chi connectivity index (χ4v) is 2.63. The van der Waals surface area contributed by atoms with Crippen LogP contribution in [0.5, 0.6) is 0 Å². The van der Waals surface area contributed by atoms with Gasteiger partial charge in [0, 0.05) is 12.0 Å². The zero-order chi connectivity index (χ0) is 13.6. The molecule has 0 saturated heterocycles. The Bertz CT molecular complexity index is 466. The maximum absolute atomic E-state index is 11.0. The Hall–Kier alpha value is -0.870. The summed E-state index contributed by atoms with van der Waals surface area (Å²) in [7, 11) is -2.90. The van der Waals surface area contributed by atoms with Crippen LogP contribution in [0.3, 0.4) is 0 Å².